The van der Waals surface area contributed by atoms with Gasteiger partial charge in [-0.25, -0.2) is 0 Å². The first-order valence-electron chi connectivity index (χ1n) is 9.93. The highest BCUT2D eigenvalue weighted by atomic mass is 79.9. The Hall–Kier alpha value is -2.34. The molecular weight excluding hydrogens is 432 g/mol. The zero-order valence-electron chi connectivity index (χ0n) is 17.3. The number of unbranched alkanes of at least 4 members (excludes halogenated alkanes) is 3. The molecule has 5 nitrogen and oxygen atoms in total. The first-order valence-corrected chi connectivity index (χ1v) is 10.7. The Morgan fingerprint density at radius 1 is 1.03 bits per heavy atom. The van der Waals surface area contributed by atoms with Crippen molar-refractivity contribution in [2.24, 2.45) is 0 Å². The second-order valence-electron chi connectivity index (χ2n) is 7.17. The summed E-state index contributed by atoms with van der Waals surface area (Å²) in [7, 11) is 3.47. The van der Waals surface area contributed by atoms with Crippen molar-refractivity contribution in [3.8, 4) is 5.75 Å². The van der Waals surface area contributed by atoms with Crippen molar-refractivity contribution in [2.45, 2.75) is 39.0 Å². The fourth-order valence-corrected chi connectivity index (χ4v) is 3.21. The van der Waals surface area contributed by atoms with E-state index in [0.29, 0.717) is 24.3 Å². The van der Waals surface area contributed by atoms with Gasteiger partial charge < -0.3 is 15.0 Å². The molecule has 0 unspecified atom stereocenters. The largest absolute Gasteiger partial charge is 0.492 e. The summed E-state index contributed by atoms with van der Waals surface area (Å²) >= 11 is 3.49. The summed E-state index contributed by atoms with van der Waals surface area (Å²) in [6.07, 6.45) is 4.95. The number of rotatable bonds is 10. The Balaban J connectivity index is 1.91. The van der Waals surface area contributed by atoms with Crippen LogP contribution in [0, 0.1) is 0 Å². The molecule has 0 aromatic heterocycles. The van der Waals surface area contributed by atoms with E-state index in [0.717, 1.165) is 28.6 Å². The predicted octanol–water partition coefficient (Wildman–Crippen LogP) is 5.29. The minimum absolute atomic E-state index is 0.0410. The zero-order valence-corrected chi connectivity index (χ0v) is 18.9. The van der Waals surface area contributed by atoms with Gasteiger partial charge >= 0.3 is 0 Å². The van der Waals surface area contributed by atoms with Crippen LogP contribution in [0.4, 0.5) is 5.69 Å². The second-order valence-corrected chi connectivity index (χ2v) is 8.02. The van der Waals surface area contributed by atoms with E-state index in [4.69, 9.17) is 4.74 Å². The van der Waals surface area contributed by atoms with E-state index < -0.39 is 0 Å². The first-order chi connectivity index (χ1) is 13.9. The third kappa shape index (κ3) is 7.54. The van der Waals surface area contributed by atoms with E-state index >= 15 is 0 Å². The van der Waals surface area contributed by atoms with Crippen LogP contribution in [0.2, 0.25) is 0 Å². The van der Waals surface area contributed by atoms with E-state index in [2.05, 4.69) is 28.2 Å². The lowest BCUT2D eigenvalue weighted by Crippen LogP contribution is -2.23. The lowest BCUT2D eigenvalue weighted by molar-refractivity contribution is -0.127. The molecule has 0 bridgehead atoms. The monoisotopic (exact) mass is 460 g/mol. The van der Waals surface area contributed by atoms with Gasteiger partial charge in [0, 0.05) is 25.3 Å². The number of amides is 2. The van der Waals surface area contributed by atoms with Crippen molar-refractivity contribution in [1.82, 2.24) is 4.90 Å². The van der Waals surface area contributed by atoms with Crippen LogP contribution in [0.1, 0.15) is 48.5 Å². The summed E-state index contributed by atoms with van der Waals surface area (Å²) in [6, 6.07) is 12.6. The zero-order chi connectivity index (χ0) is 21.2. The standard InChI is InChI=1S/C23H29BrN2O3/c1-4-5-6-7-14-29-21-13-10-18(16-20(21)24)23(28)25-19-11-8-17(9-12-19)15-22(27)26(2)3/h8-13,16H,4-7,14-15H2,1-3H3,(H,25,28). The summed E-state index contributed by atoms with van der Waals surface area (Å²) in [5, 5.41) is 2.88. The third-order valence-electron chi connectivity index (χ3n) is 4.52. The highest BCUT2D eigenvalue weighted by Gasteiger charge is 2.11. The number of hydrogen-bond acceptors (Lipinski definition) is 3. The number of carbonyl (C=O) groups is 2. The van der Waals surface area contributed by atoms with Crippen LogP contribution in [0.25, 0.3) is 0 Å². The molecule has 0 heterocycles. The normalized spacial score (nSPS) is 10.5. The van der Waals surface area contributed by atoms with Crippen LogP contribution in [-0.4, -0.2) is 37.4 Å². The van der Waals surface area contributed by atoms with Crippen molar-refractivity contribution in [3.05, 3.63) is 58.1 Å². The maximum absolute atomic E-state index is 12.5. The lowest BCUT2D eigenvalue weighted by Gasteiger charge is -2.11. The quantitative estimate of drug-likeness (QED) is 0.489. The molecule has 2 amide bonds. The number of likely N-dealkylation sites (N-methyl/N-ethyl adjacent to an activating group) is 1. The molecule has 0 aliphatic rings. The van der Waals surface area contributed by atoms with Gasteiger partial charge in [0.15, 0.2) is 0 Å². The minimum Gasteiger partial charge on any atom is -0.492 e. The molecular formula is C23H29BrN2O3. The topological polar surface area (TPSA) is 58.6 Å². The molecule has 2 rings (SSSR count). The Morgan fingerprint density at radius 2 is 1.76 bits per heavy atom. The molecule has 0 saturated carbocycles. The number of nitrogens with zero attached hydrogens (tertiary/aromatic N) is 1. The fourth-order valence-electron chi connectivity index (χ4n) is 2.71. The number of halogens is 1. The Kier molecular flexibility index (Phi) is 9.19. The molecule has 0 radical (unpaired) electrons. The van der Waals surface area contributed by atoms with Crippen LogP contribution >= 0.6 is 15.9 Å². The average Bonchev–Trinajstić information content (AvgIpc) is 2.70. The van der Waals surface area contributed by atoms with Gasteiger partial charge in [-0.1, -0.05) is 38.3 Å². The van der Waals surface area contributed by atoms with Crippen molar-refractivity contribution in [3.63, 3.8) is 0 Å². The van der Waals surface area contributed by atoms with Gasteiger partial charge in [0.25, 0.3) is 5.91 Å². The molecule has 156 valence electrons. The number of benzene rings is 2. The molecule has 0 atom stereocenters. The predicted molar refractivity (Wildman–Crippen MR) is 121 cm³/mol. The van der Waals surface area contributed by atoms with E-state index in [9.17, 15) is 9.59 Å². The molecule has 0 spiro atoms. The van der Waals surface area contributed by atoms with Crippen LogP contribution < -0.4 is 10.1 Å². The molecule has 0 fully saturated rings. The molecule has 29 heavy (non-hydrogen) atoms. The Labute approximate surface area is 181 Å². The van der Waals surface area contributed by atoms with Crippen LogP contribution in [0.5, 0.6) is 5.75 Å². The van der Waals surface area contributed by atoms with Crippen molar-refractivity contribution in [2.75, 3.05) is 26.0 Å². The molecule has 2 aromatic carbocycles. The van der Waals surface area contributed by atoms with Gasteiger partial charge in [0.05, 0.1) is 17.5 Å². The second kappa shape index (κ2) is 11.6. The van der Waals surface area contributed by atoms with Crippen molar-refractivity contribution in [1.29, 1.82) is 0 Å². The van der Waals surface area contributed by atoms with Gasteiger partial charge in [-0.15, -0.1) is 0 Å². The molecule has 1 N–H and O–H groups in total. The number of anilines is 1. The van der Waals surface area contributed by atoms with Crippen LogP contribution in [0.15, 0.2) is 46.9 Å². The number of ether oxygens (including phenoxy) is 1. The average molecular weight is 461 g/mol. The van der Waals surface area contributed by atoms with Crippen LogP contribution in [0.3, 0.4) is 0 Å². The molecule has 2 aromatic rings. The Bertz CT molecular complexity index is 819. The van der Waals surface area contributed by atoms with Crippen molar-refractivity contribution >= 4 is 33.4 Å². The number of carbonyl (C=O) groups excluding carboxylic acids is 2. The summed E-state index contributed by atoms with van der Waals surface area (Å²) < 4.78 is 6.55. The molecule has 0 aliphatic carbocycles. The SMILES string of the molecule is CCCCCCOc1ccc(C(=O)Nc2ccc(CC(=O)N(C)C)cc2)cc1Br. The molecule has 0 aliphatic heterocycles. The van der Waals surface area contributed by atoms with E-state index in [1.54, 1.807) is 43.3 Å². The lowest BCUT2D eigenvalue weighted by atomic mass is 10.1. The molecule has 6 heteroatoms. The first kappa shape index (κ1) is 22.9. The van der Waals surface area contributed by atoms with Gasteiger partial charge in [-0.05, 0) is 58.2 Å². The van der Waals surface area contributed by atoms with E-state index in [1.165, 1.54) is 12.8 Å². The van der Waals surface area contributed by atoms with Gasteiger partial charge in [-0.2, -0.15) is 0 Å². The molecule has 0 saturated heterocycles. The number of hydrogen-bond donors (Lipinski definition) is 1. The Morgan fingerprint density at radius 3 is 2.38 bits per heavy atom. The highest BCUT2D eigenvalue weighted by Crippen LogP contribution is 2.27. The summed E-state index contributed by atoms with van der Waals surface area (Å²) in [5.41, 5.74) is 2.13. The minimum atomic E-state index is -0.197. The summed E-state index contributed by atoms with van der Waals surface area (Å²) in [4.78, 5) is 25.9. The smallest absolute Gasteiger partial charge is 0.255 e. The highest BCUT2D eigenvalue weighted by molar-refractivity contribution is 9.10. The fraction of sp³-hybridized carbons (Fsp3) is 0.391. The number of nitrogens with one attached hydrogen (secondary N) is 1. The van der Waals surface area contributed by atoms with Gasteiger partial charge in [0.2, 0.25) is 5.91 Å². The van der Waals surface area contributed by atoms with E-state index in [1.807, 2.05) is 18.2 Å². The van der Waals surface area contributed by atoms with Crippen LogP contribution in [-0.2, 0) is 11.2 Å². The summed E-state index contributed by atoms with van der Waals surface area (Å²) in [5.74, 6) is 0.588. The van der Waals surface area contributed by atoms with E-state index in [-0.39, 0.29) is 11.8 Å². The third-order valence-corrected chi connectivity index (χ3v) is 5.14. The van der Waals surface area contributed by atoms with Crippen molar-refractivity contribution < 1.29 is 14.3 Å². The van der Waals surface area contributed by atoms with Gasteiger partial charge in [0.1, 0.15) is 5.75 Å². The van der Waals surface area contributed by atoms with Gasteiger partial charge in [-0.3, -0.25) is 9.59 Å². The maximum atomic E-state index is 12.5. The summed E-state index contributed by atoms with van der Waals surface area (Å²) in [6.45, 7) is 2.86. The maximum Gasteiger partial charge on any atom is 0.255 e.